The van der Waals surface area contributed by atoms with E-state index in [4.69, 9.17) is 46.9 Å². The summed E-state index contributed by atoms with van der Waals surface area (Å²) in [6.45, 7) is 9.52. The summed E-state index contributed by atoms with van der Waals surface area (Å²) in [7, 11) is 3.54. The van der Waals surface area contributed by atoms with Crippen molar-refractivity contribution in [2.75, 3.05) is 99.8 Å². The van der Waals surface area contributed by atoms with Crippen LogP contribution < -0.4 is 10.6 Å². The molecule has 3 atom stereocenters. The highest BCUT2D eigenvalue weighted by Crippen LogP contribution is 2.34. The Bertz CT molecular complexity index is 1390. The number of ether oxygens (including phenoxy) is 5. The number of halogens is 2. The number of carbonyl (C=O) groups excluding carboxylic acids is 2. The van der Waals surface area contributed by atoms with E-state index in [0.717, 1.165) is 49.3 Å². The second kappa shape index (κ2) is 23.7. The van der Waals surface area contributed by atoms with E-state index in [1.165, 1.54) is 0 Å². The SMILES string of the molecule is COCCOCCOCCOCCOCCNC(=O)NC1=CC=CC([C@@H](CN2CCCC2)N(C)C(=O)C(c2ccc(Cl)cc2)c2ccc(Cl)cc2)C1C. The van der Waals surface area contributed by atoms with E-state index < -0.39 is 5.92 Å². The van der Waals surface area contributed by atoms with Crippen molar-refractivity contribution in [3.63, 3.8) is 0 Å². The molecule has 2 N–H and O–H groups in total. The lowest BCUT2D eigenvalue weighted by atomic mass is 9.80. The Balaban J connectivity index is 1.28. The summed E-state index contributed by atoms with van der Waals surface area (Å²) in [6.07, 6.45) is 8.37. The third kappa shape index (κ3) is 14.3. The molecule has 53 heavy (non-hydrogen) atoms. The molecule has 2 unspecified atom stereocenters. The van der Waals surface area contributed by atoms with Gasteiger partial charge in [0.2, 0.25) is 5.91 Å². The Morgan fingerprint density at radius 3 is 1.85 bits per heavy atom. The first kappa shape index (κ1) is 42.7. The van der Waals surface area contributed by atoms with Gasteiger partial charge >= 0.3 is 6.03 Å². The second-order valence-electron chi connectivity index (χ2n) is 13.3. The van der Waals surface area contributed by atoms with E-state index in [1.807, 2.05) is 72.6 Å². The third-order valence-electron chi connectivity index (χ3n) is 9.60. The van der Waals surface area contributed by atoms with Gasteiger partial charge in [-0.1, -0.05) is 66.5 Å². The van der Waals surface area contributed by atoms with Crippen LogP contribution in [0.15, 0.2) is 72.5 Å². The molecule has 3 amide bonds. The lowest BCUT2D eigenvalue weighted by molar-refractivity contribution is -0.134. The molecule has 2 aromatic carbocycles. The van der Waals surface area contributed by atoms with Crippen molar-refractivity contribution in [1.82, 2.24) is 20.4 Å². The molecular weight excluding hydrogens is 719 g/mol. The molecule has 1 heterocycles. The van der Waals surface area contributed by atoms with Crippen molar-refractivity contribution >= 4 is 35.1 Å². The minimum atomic E-state index is -0.540. The molecule has 0 radical (unpaired) electrons. The van der Waals surface area contributed by atoms with Crippen LogP contribution in [0.2, 0.25) is 10.0 Å². The molecule has 4 rings (SSSR count). The van der Waals surface area contributed by atoms with Gasteiger partial charge < -0.3 is 44.1 Å². The van der Waals surface area contributed by atoms with Crippen LogP contribution >= 0.6 is 23.2 Å². The molecule has 0 aromatic heterocycles. The summed E-state index contributed by atoms with van der Waals surface area (Å²) in [5.74, 6) is -0.649. The van der Waals surface area contributed by atoms with Gasteiger partial charge in [-0.3, -0.25) is 4.79 Å². The Morgan fingerprint density at radius 1 is 0.811 bits per heavy atom. The highest BCUT2D eigenvalue weighted by Gasteiger charge is 2.38. The van der Waals surface area contributed by atoms with Crippen LogP contribution in [0.5, 0.6) is 0 Å². The van der Waals surface area contributed by atoms with Crippen LogP contribution in [0.4, 0.5) is 4.79 Å². The van der Waals surface area contributed by atoms with Gasteiger partial charge in [0.05, 0.1) is 71.4 Å². The minimum absolute atomic E-state index is 0.0144. The van der Waals surface area contributed by atoms with Crippen LogP contribution in [0.1, 0.15) is 36.8 Å². The number of carbonyl (C=O) groups is 2. The number of likely N-dealkylation sites (tertiary alicyclic amines) is 1. The van der Waals surface area contributed by atoms with Crippen molar-refractivity contribution < 1.29 is 33.3 Å². The Morgan fingerprint density at radius 2 is 1.32 bits per heavy atom. The number of hydrogen-bond donors (Lipinski definition) is 2. The molecule has 13 heteroatoms. The predicted octanol–water partition coefficient (Wildman–Crippen LogP) is 5.77. The van der Waals surface area contributed by atoms with Crippen LogP contribution in [0, 0.1) is 11.8 Å². The quantitative estimate of drug-likeness (QED) is 0.137. The van der Waals surface area contributed by atoms with Crippen molar-refractivity contribution in [1.29, 1.82) is 0 Å². The van der Waals surface area contributed by atoms with E-state index in [2.05, 4.69) is 28.5 Å². The number of urea groups is 1. The fraction of sp³-hybridized carbons (Fsp3) is 0.550. The Hall–Kier alpha value is -3.00. The largest absolute Gasteiger partial charge is 0.382 e. The van der Waals surface area contributed by atoms with Crippen molar-refractivity contribution in [2.24, 2.45) is 11.8 Å². The van der Waals surface area contributed by atoms with Gasteiger partial charge in [-0.25, -0.2) is 4.79 Å². The summed E-state index contributed by atoms with van der Waals surface area (Å²) in [6, 6.07) is 14.5. The van der Waals surface area contributed by atoms with Gasteiger partial charge in [-0.05, 0) is 67.4 Å². The van der Waals surface area contributed by atoms with Gasteiger partial charge in [0, 0.05) is 54.8 Å². The molecule has 1 aliphatic heterocycles. The zero-order chi connectivity index (χ0) is 37.8. The Labute approximate surface area is 324 Å². The normalized spacial score (nSPS) is 17.9. The van der Waals surface area contributed by atoms with Crippen molar-refractivity contribution in [3.05, 3.63) is 93.6 Å². The van der Waals surface area contributed by atoms with E-state index in [9.17, 15) is 9.59 Å². The highest BCUT2D eigenvalue weighted by molar-refractivity contribution is 6.30. The van der Waals surface area contributed by atoms with E-state index in [1.54, 1.807) is 7.11 Å². The number of amides is 3. The van der Waals surface area contributed by atoms with Gasteiger partial charge in [-0.15, -0.1) is 0 Å². The summed E-state index contributed by atoms with van der Waals surface area (Å²) in [5.41, 5.74) is 2.52. The standard InChI is InChI=1S/C40H56Cl2N4O7/c1-30-35(7-6-8-36(30)44-40(48)43-17-20-50-23-24-52-27-28-53-26-25-51-22-21-49-3)37(29-46-18-4-5-19-46)45(2)39(47)38(31-9-13-33(41)14-10-31)32-11-15-34(42)16-12-32/h6-16,30,35,37-38H,4-5,17-29H2,1-3H3,(H2,43,44,48)/t30?,35?,37-/m1/s1. The molecule has 0 spiro atoms. The number of nitrogens with zero attached hydrogens (tertiary/aromatic N) is 2. The first-order chi connectivity index (χ1) is 25.8. The second-order valence-corrected chi connectivity index (χ2v) is 14.1. The van der Waals surface area contributed by atoms with Crippen molar-refractivity contribution in [2.45, 2.75) is 31.7 Å². The number of benzene rings is 2. The highest BCUT2D eigenvalue weighted by atomic mass is 35.5. The molecule has 1 aliphatic carbocycles. The van der Waals surface area contributed by atoms with Gasteiger partial charge in [0.15, 0.2) is 0 Å². The predicted molar refractivity (Wildman–Crippen MR) is 209 cm³/mol. The Kier molecular flexibility index (Phi) is 19.1. The van der Waals surface area contributed by atoms with Gasteiger partial charge in [0.1, 0.15) is 0 Å². The summed E-state index contributed by atoms with van der Waals surface area (Å²) in [4.78, 5) is 32.0. The fourth-order valence-corrected chi connectivity index (χ4v) is 6.89. The van der Waals surface area contributed by atoms with Gasteiger partial charge in [-0.2, -0.15) is 0 Å². The molecular formula is C40H56Cl2N4O7. The van der Waals surface area contributed by atoms with Gasteiger partial charge in [0.25, 0.3) is 0 Å². The zero-order valence-corrected chi connectivity index (χ0v) is 32.8. The minimum Gasteiger partial charge on any atom is -0.382 e. The molecule has 1 saturated heterocycles. The molecule has 2 aromatic rings. The summed E-state index contributed by atoms with van der Waals surface area (Å²) in [5, 5.41) is 7.17. The van der Waals surface area contributed by atoms with Crippen LogP contribution in [0.3, 0.4) is 0 Å². The fourth-order valence-electron chi connectivity index (χ4n) is 6.63. The van der Waals surface area contributed by atoms with Crippen LogP contribution in [-0.4, -0.2) is 128 Å². The van der Waals surface area contributed by atoms with Crippen LogP contribution in [-0.2, 0) is 28.5 Å². The number of methoxy groups -OCH3 is 1. The first-order valence-corrected chi connectivity index (χ1v) is 19.3. The lowest BCUT2D eigenvalue weighted by Gasteiger charge is -2.41. The first-order valence-electron chi connectivity index (χ1n) is 18.5. The monoisotopic (exact) mass is 774 g/mol. The zero-order valence-electron chi connectivity index (χ0n) is 31.3. The third-order valence-corrected chi connectivity index (χ3v) is 10.1. The van der Waals surface area contributed by atoms with Crippen molar-refractivity contribution in [3.8, 4) is 0 Å². The maximum absolute atomic E-state index is 14.6. The molecule has 0 bridgehead atoms. The van der Waals surface area contributed by atoms with E-state index in [-0.39, 0.29) is 29.8 Å². The molecule has 2 aliphatic rings. The summed E-state index contributed by atoms with van der Waals surface area (Å²) < 4.78 is 26.9. The average Bonchev–Trinajstić information content (AvgIpc) is 3.68. The summed E-state index contributed by atoms with van der Waals surface area (Å²) >= 11 is 12.5. The number of nitrogens with one attached hydrogen (secondary N) is 2. The van der Waals surface area contributed by atoms with E-state index >= 15 is 0 Å². The molecule has 0 saturated carbocycles. The molecule has 1 fully saturated rings. The van der Waals surface area contributed by atoms with Crippen LogP contribution in [0.25, 0.3) is 0 Å². The number of likely N-dealkylation sites (N-methyl/N-ethyl adjacent to an activating group) is 1. The topological polar surface area (TPSA) is 111 Å². The lowest BCUT2D eigenvalue weighted by Crippen LogP contribution is -2.52. The van der Waals surface area contributed by atoms with E-state index in [0.29, 0.717) is 76.1 Å². The maximum Gasteiger partial charge on any atom is 0.319 e. The number of hydrogen-bond acceptors (Lipinski definition) is 8. The molecule has 292 valence electrons. The average molecular weight is 776 g/mol. The smallest absolute Gasteiger partial charge is 0.319 e. The number of allylic oxidation sites excluding steroid dienone is 3. The molecule has 11 nitrogen and oxygen atoms in total. The maximum atomic E-state index is 14.6. The number of rotatable bonds is 23.